The Morgan fingerprint density at radius 1 is 1.20 bits per heavy atom. The minimum Gasteiger partial charge on any atom is -0.346 e. The quantitative estimate of drug-likeness (QED) is 0.878. The van der Waals surface area contributed by atoms with Gasteiger partial charge < -0.3 is 5.32 Å². The molecule has 0 aliphatic carbocycles. The number of carbonyl (C=O) groups excluding carboxylic acids is 1. The van der Waals surface area contributed by atoms with Gasteiger partial charge in [-0.25, -0.2) is 13.2 Å². The number of nitrogens with one attached hydrogen (secondary N) is 1. The van der Waals surface area contributed by atoms with E-state index in [0.29, 0.717) is 17.8 Å². The molecule has 3 nitrogen and oxygen atoms in total. The van der Waals surface area contributed by atoms with Crippen LogP contribution in [0.15, 0.2) is 30.3 Å². The molecule has 2 aromatic rings. The van der Waals surface area contributed by atoms with Crippen molar-refractivity contribution in [3.8, 4) is 0 Å². The zero-order valence-electron chi connectivity index (χ0n) is 10.6. The van der Waals surface area contributed by atoms with Crippen LogP contribution >= 0.6 is 0 Å². The van der Waals surface area contributed by atoms with E-state index >= 15 is 0 Å². The van der Waals surface area contributed by atoms with Gasteiger partial charge in [0.2, 0.25) is 0 Å². The Morgan fingerprint density at radius 2 is 1.85 bits per heavy atom. The molecule has 104 valence electrons. The van der Waals surface area contributed by atoms with Crippen molar-refractivity contribution in [2.75, 3.05) is 0 Å². The average molecular weight is 280 g/mol. The van der Waals surface area contributed by atoms with Crippen molar-refractivity contribution in [3.63, 3.8) is 0 Å². The molecule has 1 N–H and O–H groups in total. The lowest BCUT2D eigenvalue weighted by Gasteiger charge is -2.06. The fourth-order valence-electron chi connectivity index (χ4n) is 1.66. The number of carbonyl (C=O) groups is 1. The molecule has 1 aromatic heterocycles. The second kappa shape index (κ2) is 5.73. The number of amides is 1. The van der Waals surface area contributed by atoms with E-state index in [1.54, 1.807) is 25.1 Å². The molecule has 1 aromatic carbocycles. The van der Waals surface area contributed by atoms with Crippen LogP contribution in [0.5, 0.6) is 0 Å². The van der Waals surface area contributed by atoms with Gasteiger partial charge in [-0.05, 0) is 31.2 Å². The third-order valence-corrected chi connectivity index (χ3v) is 2.62. The van der Waals surface area contributed by atoms with Crippen LogP contribution in [0.1, 0.15) is 21.7 Å². The summed E-state index contributed by atoms with van der Waals surface area (Å²) in [5.74, 6) is -5.10. The van der Waals surface area contributed by atoms with Gasteiger partial charge in [-0.2, -0.15) is 0 Å². The van der Waals surface area contributed by atoms with Gasteiger partial charge in [0.1, 0.15) is 0 Å². The number of aryl methyl sites for hydroxylation is 1. The van der Waals surface area contributed by atoms with Crippen LogP contribution in [-0.2, 0) is 6.54 Å². The van der Waals surface area contributed by atoms with Crippen molar-refractivity contribution in [2.45, 2.75) is 13.5 Å². The number of rotatable bonds is 3. The molecule has 0 atom stereocenters. The maximum atomic E-state index is 13.0. The van der Waals surface area contributed by atoms with Gasteiger partial charge in [-0.15, -0.1) is 0 Å². The van der Waals surface area contributed by atoms with Gasteiger partial charge in [-0.3, -0.25) is 9.78 Å². The highest BCUT2D eigenvalue weighted by Gasteiger charge is 2.14. The van der Waals surface area contributed by atoms with Crippen LogP contribution in [-0.4, -0.2) is 10.9 Å². The molecule has 0 radical (unpaired) electrons. The van der Waals surface area contributed by atoms with Crippen molar-refractivity contribution in [1.82, 2.24) is 10.3 Å². The lowest BCUT2D eigenvalue weighted by Crippen LogP contribution is -2.23. The van der Waals surface area contributed by atoms with Crippen LogP contribution in [0.25, 0.3) is 0 Å². The Kier molecular flexibility index (Phi) is 4.02. The number of nitrogens with zero attached hydrogens (tertiary/aromatic N) is 1. The number of halogens is 3. The molecule has 1 heterocycles. The van der Waals surface area contributed by atoms with Gasteiger partial charge >= 0.3 is 0 Å². The molecule has 0 fully saturated rings. The molecule has 0 spiro atoms. The minimum absolute atomic E-state index is 0.112. The van der Waals surface area contributed by atoms with E-state index in [4.69, 9.17) is 0 Å². The molecule has 20 heavy (non-hydrogen) atoms. The first-order valence-corrected chi connectivity index (χ1v) is 5.82. The van der Waals surface area contributed by atoms with Gasteiger partial charge in [0.05, 0.1) is 12.2 Å². The highest BCUT2D eigenvalue weighted by atomic mass is 19.2. The first-order chi connectivity index (χ1) is 9.47. The molecular formula is C14H11F3N2O. The van der Waals surface area contributed by atoms with E-state index in [-0.39, 0.29) is 12.1 Å². The van der Waals surface area contributed by atoms with Crippen molar-refractivity contribution in [1.29, 1.82) is 0 Å². The highest BCUT2D eigenvalue weighted by Crippen LogP contribution is 2.13. The SMILES string of the molecule is Cc1cccc(CNC(=O)c2cc(F)c(F)c(F)c2)n1. The Balaban J connectivity index is 2.09. The number of pyridine rings is 1. The standard InChI is InChI=1S/C14H11F3N2O/c1-8-3-2-4-10(19-8)7-18-14(20)9-5-11(15)13(17)12(16)6-9/h2-6H,7H2,1H3,(H,18,20). The van der Waals surface area contributed by atoms with Gasteiger partial charge in [0.15, 0.2) is 17.5 Å². The number of aromatic nitrogens is 1. The van der Waals surface area contributed by atoms with Gasteiger partial charge in [0, 0.05) is 11.3 Å². The zero-order chi connectivity index (χ0) is 14.7. The van der Waals surface area contributed by atoms with Crippen molar-refractivity contribution in [3.05, 3.63) is 64.7 Å². The first-order valence-electron chi connectivity index (χ1n) is 5.82. The summed E-state index contributed by atoms with van der Waals surface area (Å²) in [6.07, 6.45) is 0. The molecule has 6 heteroatoms. The van der Waals surface area contributed by atoms with Crippen LogP contribution in [0, 0.1) is 24.4 Å². The second-order valence-electron chi connectivity index (χ2n) is 4.21. The summed E-state index contributed by atoms with van der Waals surface area (Å²) in [5, 5.41) is 2.46. The summed E-state index contributed by atoms with van der Waals surface area (Å²) in [6, 6.07) is 6.59. The summed E-state index contributed by atoms with van der Waals surface area (Å²) < 4.78 is 38.8. The van der Waals surface area contributed by atoms with Crippen molar-refractivity contribution >= 4 is 5.91 Å². The van der Waals surface area contributed by atoms with E-state index in [1.807, 2.05) is 0 Å². The Morgan fingerprint density at radius 3 is 2.45 bits per heavy atom. The van der Waals surface area contributed by atoms with Crippen LogP contribution < -0.4 is 5.32 Å². The van der Waals surface area contributed by atoms with E-state index in [9.17, 15) is 18.0 Å². The predicted molar refractivity (Wildman–Crippen MR) is 66.5 cm³/mol. The summed E-state index contributed by atoms with van der Waals surface area (Å²) in [7, 11) is 0. The molecular weight excluding hydrogens is 269 g/mol. The lowest BCUT2D eigenvalue weighted by molar-refractivity contribution is 0.0949. The third-order valence-electron chi connectivity index (χ3n) is 2.62. The monoisotopic (exact) mass is 280 g/mol. The topological polar surface area (TPSA) is 42.0 Å². The van der Waals surface area contributed by atoms with Crippen LogP contribution in [0.2, 0.25) is 0 Å². The number of hydrogen-bond donors (Lipinski definition) is 1. The predicted octanol–water partition coefficient (Wildman–Crippen LogP) is 2.74. The smallest absolute Gasteiger partial charge is 0.251 e. The zero-order valence-corrected chi connectivity index (χ0v) is 10.6. The normalized spacial score (nSPS) is 10.4. The van der Waals surface area contributed by atoms with E-state index in [1.165, 1.54) is 0 Å². The minimum atomic E-state index is -1.60. The molecule has 0 saturated carbocycles. The first kappa shape index (κ1) is 14.0. The second-order valence-corrected chi connectivity index (χ2v) is 4.21. The van der Waals surface area contributed by atoms with Crippen LogP contribution in [0.3, 0.4) is 0 Å². The van der Waals surface area contributed by atoms with Crippen molar-refractivity contribution in [2.24, 2.45) is 0 Å². The molecule has 1 amide bonds. The third kappa shape index (κ3) is 3.14. The lowest BCUT2D eigenvalue weighted by atomic mass is 10.2. The maximum Gasteiger partial charge on any atom is 0.251 e. The summed E-state index contributed by atoms with van der Waals surface area (Å²) in [5.41, 5.74) is 1.12. The van der Waals surface area contributed by atoms with E-state index in [2.05, 4.69) is 10.3 Å². The molecule has 0 saturated heterocycles. The van der Waals surface area contributed by atoms with Gasteiger partial charge in [-0.1, -0.05) is 6.07 Å². The molecule has 0 aliphatic rings. The molecule has 0 bridgehead atoms. The summed E-state index contributed by atoms with van der Waals surface area (Å²) in [6.45, 7) is 1.91. The maximum absolute atomic E-state index is 13.0. The summed E-state index contributed by atoms with van der Waals surface area (Å²) >= 11 is 0. The van der Waals surface area contributed by atoms with Crippen molar-refractivity contribution < 1.29 is 18.0 Å². The number of hydrogen-bond acceptors (Lipinski definition) is 2. The van der Waals surface area contributed by atoms with E-state index < -0.39 is 23.4 Å². The molecule has 2 rings (SSSR count). The number of benzene rings is 1. The molecule has 0 aliphatic heterocycles. The molecule has 0 unspecified atom stereocenters. The van der Waals surface area contributed by atoms with Crippen LogP contribution in [0.4, 0.5) is 13.2 Å². The Hall–Kier alpha value is -2.37. The Bertz CT molecular complexity index is 636. The fraction of sp³-hybridized carbons (Fsp3) is 0.143. The largest absolute Gasteiger partial charge is 0.346 e. The van der Waals surface area contributed by atoms with Gasteiger partial charge in [0.25, 0.3) is 5.91 Å². The summed E-state index contributed by atoms with van der Waals surface area (Å²) in [4.78, 5) is 15.9. The average Bonchev–Trinajstić information content (AvgIpc) is 2.41. The Labute approximate surface area is 113 Å². The fourth-order valence-corrected chi connectivity index (χ4v) is 1.66. The highest BCUT2D eigenvalue weighted by molar-refractivity contribution is 5.94. The van der Waals surface area contributed by atoms with E-state index in [0.717, 1.165) is 5.69 Å².